The topological polar surface area (TPSA) is 41.1 Å². The van der Waals surface area contributed by atoms with E-state index in [1.54, 1.807) is 36.4 Å². The van der Waals surface area contributed by atoms with Crippen LogP contribution in [0.5, 0.6) is 0 Å². The molecule has 132 valence electrons. The Morgan fingerprint density at radius 3 is 2.68 bits per heavy atom. The molecule has 1 heterocycles. The van der Waals surface area contributed by atoms with Gasteiger partial charge in [-0.1, -0.05) is 41.4 Å². The number of benzene rings is 2. The van der Waals surface area contributed by atoms with Crippen LogP contribution in [0.1, 0.15) is 25.3 Å². The van der Waals surface area contributed by atoms with Crippen molar-refractivity contribution in [3.05, 3.63) is 63.9 Å². The maximum absolute atomic E-state index is 14.5. The van der Waals surface area contributed by atoms with E-state index in [0.717, 1.165) is 0 Å². The van der Waals surface area contributed by atoms with Crippen molar-refractivity contribution >= 4 is 34.8 Å². The normalized spacial score (nSPS) is 22.0. The molecular weight excluding hydrogens is 362 g/mol. The van der Waals surface area contributed by atoms with Crippen LogP contribution in [0.4, 0.5) is 10.1 Å². The van der Waals surface area contributed by atoms with Crippen molar-refractivity contribution < 1.29 is 9.18 Å². The van der Waals surface area contributed by atoms with Crippen LogP contribution in [-0.2, 0) is 4.79 Å². The fourth-order valence-corrected chi connectivity index (χ4v) is 3.87. The molecule has 2 N–H and O–H groups in total. The zero-order valence-corrected chi connectivity index (χ0v) is 15.5. The van der Waals surface area contributed by atoms with Gasteiger partial charge in [0.25, 0.3) is 0 Å². The third-order valence-corrected chi connectivity index (χ3v) is 5.24. The van der Waals surface area contributed by atoms with Gasteiger partial charge in [0.2, 0.25) is 5.91 Å². The van der Waals surface area contributed by atoms with Crippen molar-refractivity contribution in [1.82, 2.24) is 5.32 Å². The molecule has 0 saturated carbocycles. The molecule has 25 heavy (non-hydrogen) atoms. The molecule has 1 amide bonds. The molecule has 1 aliphatic rings. The molecule has 2 unspecified atom stereocenters. The van der Waals surface area contributed by atoms with E-state index in [9.17, 15) is 9.18 Å². The molecule has 2 atom stereocenters. The monoisotopic (exact) mass is 380 g/mol. The molecule has 0 spiro atoms. The number of hydrogen-bond acceptors (Lipinski definition) is 2. The van der Waals surface area contributed by atoms with E-state index in [4.69, 9.17) is 23.2 Å². The van der Waals surface area contributed by atoms with Crippen molar-refractivity contribution in [1.29, 1.82) is 0 Å². The van der Waals surface area contributed by atoms with E-state index in [2.05, 4.69) is 10.6 Å². The van der Waals surface area contributed by atoms with Gasteiger partial charge in [-0.2, -0.15) is 0 Å². The van der Waals surface area contributed by atoms with Gasteiger partial charge in [0.1, 0.15) is 5.82 Å². The minimum Gasteiger partial charge on any atom is -0.326 e. The molecule has 3 rings (SSSR count). The third-order valence-electron chi connectivity index (χ3n) is 4.71. The molecular formula is C19H19Cl2FN2O. The van der Waals surface area contributed by atoms with Gasteiger partial charge >= 0.3 is 0 Å². The summed E-state index contributed by atoms with van der Waals surface area (Å²) in [5.74, 6) is -1.41. The van der Waals surface area contributed by atoms with Gasteiger partial charge < -0.3 is 10.6 Å². The highest BCUT2D eigenvalue weighted by molar-refractivity contribution is 6.31. The van der Waals surface area contributed by atoms with Crippen molar-refractivity contribution in [3.8, 4) is 0 Å². The van der Waals surface area contributed by atoms with Crippen LogP contribution in [0.2, 0.25) is 10.0 Å². The molecule has 1 saturated heterocycles. The highest BCUT2D eigenvalue weighted by Gasteiger charge is 2.47. The largest absolute Gasteiger partial charge is 0.326 e. The number of amides is 1. The fraction of sp³-hybridized carbons (Fsp3) is 0.316. The lowest BCUT2D eigenvalue weighted by molar-refractivity contribution is -0.121. The Kier molecular flexibility index (Phi) is 5.05. The number of nitrogens with one attached hydrogen (secondary N) is 2. The maximum atomic E-state index is 14.5. The molecule has 0 bridgehead atoms. The summed E-state index contributed by atoms with van der Waals surface area (Å²) in [6.45, 7) is 4.38. The Labute approximate surface area is 156 Å². The summed E-state index contributed by atoms with van der Waals surface area (Å²) in [6.07, 6.45) is 0. The third kappa shape index (κ3) is 3.66. The zero-order valence-electron chi connectivity index (χ0n) is 13.9. The quantitative estimate of drug-likeness (QED) is 0.798. The van der Waals surface area contributed by atoms with E-state index in [1.807, 2.05) is 13.8 Å². The minimum atomic E-state index is -0.484. The lowest BCUT2D eigenvalue weighted by atomic mass is 9.78. The highest BCUT2D eigenvalue weighted by Crippen LogP contribution is 2.40. The summed E-state index contributed by atoms with van der Waals surface area (Å²) in [5.41, 5.74) is 0.588. The second kappa shape index (κ2) is 6.94. The molecule has 3 nitrogen and oxygen atoms in total. The molecule has 1 fully saturated rings. The Morgan fingerprint density at radius 2 is 1.96 bits per heavy atom. The smallest absolute Gasteiger partial charge is 0.230 e. The van der Waals surface area contributed by atoms with Crippen molar-refractivity contribution in [2.24, 2.45) is 5.92 Å². The molecule has 6 heteroatoms. The summed E-state index contributed by atoms with van der Waals surface area (Å²) in [5, 5.41) is 6.82. The van der Waals surface area contributed by atoms with Crippen molar-refractivity contribution in [3.63, 3.8) is 0 Å². The second-order valence-corrected chi connectivity index (χ2v) is 7.67. The lowest BCUT2D eigenvalue weighted by Crippen LogP contribution is -2.44. The van der Waals surface area contributed by atoms with Gasteiger partial charge in [-0.05, 0) is 43.7 Å². The van der Waals surface area contributed by atoms with Gasteiger partial charge in [0.15, 0.2) is 0 Å². The first-order valence-corrected chi connectivity index (χ1v) is 8.80. The van der Waals surface area contributed by atoms with Crippen LogP contribution < -0.4 is 10.6 Å². The predicted molar refractivity (Wildman–Crippen MR) is 99.8 cm³/mol. The summed E-state index contributed by atoms with van der Waals surface area (Å²) >= 11 is 11.9. The first-order chi connectivity index (χ1) is 11.8. The van der Waals surface area contributed by atoms with E-state index in [1.165, 1.54) is 6.07 Å². The fourth-order valence-electron chi connectivity index (χ4n) is 3.50. The van der Waals surface area contributed by atoms with Crippen molar-refractivity contribution in [2.45, 2.75) is 25.3 Å². The summed E-state index contributed by atoms with van der Waals surface area (Å²) in [7, 11) is 0. The van der Waals surface area contributed by atoms with Crippen LogP contribution in [0.25, 0.3) is 0 Å². The first-order valence-electron chi connectivity index (χ1n) is 8.05. The highest BCUT2D eigenvalue weighted by atomic mass is 35.5. The van der Waals surface area contributed by atoms with Gasteiger partial charge in [-0.25, -0.2) is 4.39 Å². The number of carbonyl (C=O) groups excluding carboxylic acids is 1. The second-order valence-electron chi connectivity index (χ2n) is 6.83. The number of halogens is 3. The standard InChI is InChI=1S/C19H19Cl2FN2O/c1-19(2)16(18(25)24-12-6-3-5-11(20)9-12)14(10-23-19)13-7-4-8-15(21)17(13)22/h3-9,14,16,23H,10H2,1-2H3,(H,24,25). The number of hydrogen-bond donors (Lipinski definition) is 2. The van der Waals surface area contributed by atoms with Gasteiger partial charge in [0.05, 0.1) is 10.9 Å². The summed E-state index contributed by atoms with van der Waals surface area (Å²) < 4.78 is 14.5. The average Bonchev–Trinajstić information content (AvgIpc) is 2.85. The molecule has 0 radical (unpaired) electrons. The number of rotatable bonds is 3. The zero-order chi connectivity index (χ0) is 18.2. The SMILES string of the molecule is CC1(C)NCC(c2cccc(Cl)c2F)C1C(=O)Nc1cccc(Cl)c1. The number of anilines is 1. The van der Waals surface area contributed by atoms with Crippen LogP contribution in [0.3, 0.4) is 0 Å². The van der Waals surface area contributed by atoms with E-state index >= 15 is 0 Å². The molecule has 0 aliphatic carbocycles. The Bertz CT molecular complexity index is 810. The van der Waals surface area contributed by atoms with Crippen LogP contribution >= 0.6 is 23.2 Å². The minimum absolute atomic E-state index is 0.0659. The lowest BCUT2D eigenvalue weighted by Gasteiger charge is -2.29. The van der Waals surface area contributed by atoms with E-state index in [0.29, 0.717) is 22.8 Å². The Hall–Kier alpha value is -1.62. The van der Waals surface area contributed by atoms with E-state index in [-0.39, 0.29) is 16.8 Å². The predicted octanol–water partition coefficient (Wildman–Crippen LogP) is 4.85. The van der Waals surface area contributed by atoms with Gasteiger partial charge in [-0.3, -0.25) is 4.79 Å². The van der Waals surface area contributed by atoms with E-state index < -0.39 is 17.3 Å². The average molecular weight is 381 g/mol. The van der Waals surface area contributed by atoms with Gasteiger partial charge in [-0.15, -0.1) is 0 Å². The van der Waals surface area contributed by atoms with Crippen LogP contribution in [0.15, 0.2) is 42.5 Å². The van der Waals surface area contributed by atoms with Crippen LogP contribution in [-0.4, -0.2) is 18.0 Å². The molecule has 0 aromatic heterocycles. The first kappa shape index (κ1) is 18.2. The summed E-state index contributed by atoms with van der Waals surface area (Å²) in [6, 6.07) is 11.9. The van der Waals surface area contributed by atoms with Crippen LogP contribution in [0, 0.1) is 11.7 Å². The Morgan fingerprint density at radius 1 is 1.24 bits per heavy atom. The molecule has 1 aliphatic heterocycles. The van der Waals surface area contributed by atoms with Gasteiger partial charge in [0, 0.05) is 28.7 Å². The Balaban J connectivity index is 1.92. The maximum Gasteiger partial charge on any atom is 0.230 e. The van der Waals surface area contributed by atoms with Crippen molar-refractivity contribution in [2.75, 3.05) is 11.9 Å². The molecule has 2 aromatic carbocycles. The summed E-state index contributed by atoms with van der Waals surface area (Å²) in [4.78, 5) is 13.0. The molecule has 2 aromatic rings. The number of carbonyl (C=O) groups is 1.